The molecule has 2 rings (SSSR count). The zero-order valence-corrected chi connectivity index (χ0v) is 17.2. The first kappa shape index (κ1) is 22.1. The monoisotopic (exact) mass is 397 g/mol. The van der Waals surface area contributed by atoms with Crippen molar-refractivity contribution in [1.29, 1.82) is 0 Å². The first-order valence-corrected chi connectivity index (χ1v) is 9.53. The minimum Gasteiger partial charge on any atom is -0.479 e. The number of ether oxygens (including phenoxy) is 2. The van der Waals surface area contributed by atoms with Gasteiger partial charge in [0, 0.05) is 5.56 Å². The fourth-order valence-corrected chi connectivity index (χ4v) is 2.55. The van der Waals surface area contributed by atoms with Crippen LogP contribution in [0.25, 0.3) is 0 Å². The summed E-state index contributed by atoms with van der Waals surface area (Å²) in [4.78, 5) is 36.3. The maximum absolute atomic E-state index is 12.2. The third-order valence-corrected chi connectivity index (χ3v) is 4.27. The van der Waals surface area contributed by atoms with Gasteiger partial charge in [0.25, 0.3) is 11.8 Å². The van der Waals surface area contributed by atoms with Crippen LogP contribution in [0.15, 0.2) is 54.6 Å². The Balaban J connectivity index is 1.85. The summed E-state index contributed by atoms with van der Waals surface area (Å²) < 4.78 is 10.6. The molecule has 29 heavy (non-hydrogen) atoms. The lowest BCUT2D eigenvalue weighted by Crippen LogP contribution is -2.36. The second kappa shape index (κ2) is 9.87. The van der Waals surface area contributed by atoms with E-state index in [1.165, 1.54) is 0 Å². The van der Waals surface area contributed by atoms with Crippen molar-refractivity contribution in [3.8, 4) is 5.75 Å². The summed E-state index contributed by atoms with van der Waals surface area (Å²) in [6, 6.07) is 15.9. The normalized spacial score (nSPS) is 12.0. The summed E-state index contributed by atoms with van der Waals surface area (Å²) in [5, 5.41) is 2.22. The number of carbonyl (C=O) groups excluding carboxylic acids is 3. The molecule has 0 radical (unpaired) electrons. The fourth-order valence-electron chi connectivity index (χ4n) is 2.55. The molecular formula is C23H27NO5. The first-order valence-electron chi connectivity index (χ1n) is 9.53. The number of rotatable bonds is 7. The number of benzene rings is 2. The van der Waals surface area contributed by atoms with Gasteiger partial charge in [-0.25, -0.2) is 4.79 Å². The Morgan fingerprint density at radius 2 is 1.59 bits per heavy atom. The van der Waals surface area contributed by atoms with Gasteiger partial charge in [0.15, 0.2) is 12.7 Å². The van der Waals surface area contributed by atoms with Crippen LogP contribution >= 0.6 is 0 Å². The first-order chi connectivity index (χ1) is 13.7. The van der Waals surface area contributed by atoms with E-state index in [0.717, 1.165) is 5.56 Å². The molecule has 1 N–H and O–H groups in total. The lowest BCUT2D eigenvalue weighted by atomic mass is 9.87. The van der Waals surface area contributed by atoms with Crippen LogP contribution in [0.2, 0.25) is 0 Å². The van der Waals surface area contributed by atoms with Crippen molar-refractivity contribution in [2.75, 3.05) is 6.61 Å². The molecule has 2 aromatic rings. The molecule has 0 aliphatic heterocycles. The molecule has 0 saturated carbocycles. The van der Waals surface area contributed by atoms with Crippen molar-refractivity contribution in [2.45, 2.75) is 45.6 Å². The van der Waals surface area contributed by atoms with Crippen molar-refractivity contribution in [3.63, 3.8) is 0 Å². The minimum absolute atomic E-state index is 0.0311. The summed E-state index contributed by atoms with van der Waals surface area (Å²) in [5.74, 6) is -1.36. The van der Waals surface area contributed by atoms with Crippen molar-refractivity contribution < 1.29 is 23.9 Å². The van der Waals surface area contributed by atoms with Crippen LogP contribution in [0.1, 0.15) is 50.0 Å². The second-order valence-corrected chi connectivity index (χ2v) is 7.64. The Morgan fingerprint density at radius 3 is 2.14 bits per heavy atom. The van der Waals surface area contributed by atoms with Gasteiger partial charge in [0.05, 0.1) is 0 Å². The SMILES string of the molecule is CC[C@H](Oc1ccccc1)C(=O)OCC(=O)NC(=O)c1ccc(C(C)(C)C)cc1. The van der Waals surface area contributed by atoms with Gasteiger partial charge in [-0.1, -0.05) is 58.0 Å². The predicted molar refractivity (Wildman–Crippen MR) is 110 cm³/mol. The Kier molecular flexibility index (Phi) is 7.53. The van der Waals surface area contributed by atoms with Gasteiger partial charge in [0.1, 0.15) is 5.75 Å². The molecule has 0 fully saturated rings. The number of hydrogen-bond donors (Lipinski definition) is 1. The number of hydrogen-bond acceptors (Lipinski definition) is 5. The highest BCUT2D eigenvalue weighted by Crippen LogP contribution is 2.22. The van der Waals surface area contributed by atoms with Gasteiger partial charge >= 0.3 is 5.97 Å². The molecule has 1 atom stereocenters. The fraction of sp³-hybridized carbons (Fsp3) is 0.348. The van der Waals surface area contributed by atoms with Crippen LogP contribution in [0.3, 0.4) is 0 Å². The Bertz CT molecular complexity index is 838. The lowest BCUT2D eigenvalue weighted by molar-refractivity contribution is -0.155. The van der Waals surface area contributed by atoms with Gasteiger partial charge in [-0.05, 0) is 41.7 Å². The molecule has 0 aliphatic rings. The topological polar surface area (TPSA) is 81.7 Å². The van der Waals surface area contributed by atoms with E-state index in [9.17, 15) is 14.4 Å². The average Bonchev–Trinajstić information content (AvgIpc) is 2.70. The Labute approximate surface area is 171 Å². The molecule has 0 heterocycles. The molecule has 6 heteroatoms. The van der Waals surface area contributed by atoms with Crippen LogP contribution in [0.5, 0.6) is 5.75 Å². The number of carbonyl (C=O) groups is 3. The van der Waals surface area contributed by atoms with Crippen LogP contribution < -0.4 is 10.1 Å². The molecule has 2 amide bonds. The average molecular weight is 397 g/mol. The van der Waals surface area contributed by atoms with E-state index < -0.39 is 30.5 Å². The third kappa shape index (κ3) is 6.75. The highest BCUT2D eigenvalue weighted by Gasteiger charge is 2.22. The van der Waals surface area contributed by atoms with E-state index in [1.54, 1.807) is 43.3 Å². The van der Waals surface area contributed by atoms with E-state index in [-0.39, 0.29) is 5.41 Å². The van der Waals surface area contributed by atoms with Crippen molar-refractivity contribution in [3.05, 3.63) is 65.7 Å². The lowest BCUT2D eigenvalue weighted by Gasteiger charge is -2.19. The molecule has 0 spiro atoms. The molecule has 0 aromatic heterocycles. The van der Waals surface area contributed by atoms with Gasteiger partial charge < -0.3 is 9.47 Å². The van der Waals surface area contributed by atoms with Crippen molar-refractivity contribution >= 4 is 17.8 Å². The number of para-hydroxylation sites is 1. The highest BCUT2D eigenvalue weighted by molar-refractivity contribution is 6.05. The third-order valence-electron chi connectivity index (χ3n) is 4.27. The van der Waals surface area contributed by atoms with E-state index in [2.05, 4.69) is 26.1 Å². The molecular weight excluding hydrogens is 370 g/mol. The quantitative estimate of drug-likeness (QED) is 0.722. The van der Waals surface area contributed by atoms with Crippen LogP contribution in [-0.2, 0) is 19.7 Å². The predicted octanol–water partition coefficient (Wildman–Crippen LogP) is 3.64. The molecule has 0 saturated heterocycles. The summed E-state index contributed by atoms with van der Waals surface area (Å²) in [7, 11) is 0. The Hall–Kier alpha value is -3.15. The van der Waals surface area contributed by atoms with Crippen LogP contribution in [0, 0.1) is 0 Å². The molecule has 2 aromatic carbocycles. The van der Waals surface area contributed by atoms with Gasteiger partial charge in [-0.2, -0.15) is 0 Å². The number of nitrogens with one attached hydrogen (secondary N) is 1. The van der Waals surface area contributed by atoms with Gasteiger partial charge in [-0.15, -0.1) is 0 Å². The molecule has 6 nitrogen and oxygen atoms in total. The standard InChI is InChI=1S/C23H27NO5/c1-5-19(29-18-9-7-6-8-10-18)22(27)28-15-20(25)24-21(26)16-11-13-17(14-12-16)23(2,3)4/h6-14,19H,5,15H2,1-4H3,(H,24,25,26)/t19-/m0/s1. The van der Waals surface area contributed by atoms with Crippen LogP contribution in [-0.4, -0.2) is 30.5 Å². The Morgan fingerprint density at radius 1 is 0.966 bits per heavy atom. The molecule has 0 bridgehead atoms. The van der Waals surface area contributed by atoms with E-state index in [0.29, 0.717) is 17.7 Å². The number of amides is 2. The minimum atomic E-state index is -0.828. The maximum atomic E-state index is 12.2. The van der Waals surface area contributed by atoms with E-state index >= 15 is 0 Å². The van der Waals surface area contributed by atoms with E-state index in [4.69, 9.17) is 9.47 Å². The zero-order chi connectivity index (χ0) is 21.4. The molecule has 0 aliphatic carbocycles. The van der Waals surface area contributed by atoms with Crippen molar-refractivity contribution in [2.24, 2.45) is 0 Å². The smallest absolute Gasteiger partial charge is 0.347 e. The highest BCUT2D eigenvalue weighted by atomic mass is 16.6. The second-order valence-electron chi connectivity index (χ2n) is 7.64. The molecule has 0 unspecified atom stereocenters. The van der Waals surface area contributed by atoms with Gasteiger partial charge in [0.2, 0.25) is 0 Å². The van der Waals surface area contributed by atoms with Crippen LogP contribution in [0.4, 0.5) is 0 Å². The molecule has 154 valence electrons. The zero-order valence-electron chi connectivity index (χ0n) is 17.2. The summed E-state index contributed by atoms with van der Waals surface area (Å²) in [6.07, 6.45) is -0.445. The summed E-state index contributed by atoms with van der Waals surface area (Å²) >= 11 is 0. The van der Waals surface area contributed by atoms with E-state index in [1.807, 2.05) is 18.2 Å². The van der Waals surface area contributed by atoms with Crippen molar-refractivity contribution in [1.82, 2.24) is 5.32 Å². The largest absolute Gasteiger partial charge is 0.479 e. The number of esters is 1. The maximum Gasteiger partial charge on any atom is 0.347 e. The number of imide groups is 1. The summed E-state index contributed by atoms with van der Waals surface area (Å²) in [6.45, 7) is 7.44. The van der Waals surface area contributed by atoms with Gasteiger partial charge in [-0.3, -0.25) is 14.9 Å². The summed E-state index contributed by atoms with van der Waals surface area (Å²) in [5.41, 5.74) is 1.41.